The van der Waals surface area contributed by atoms with Crippen LogP contribution in [-0.4, -0.2) is 17.5 Å². The fraction of sp³-hybridized carbons (Fsp3) is 0.733. The summed E-state index contributed by atoms with van der Waals surface area (Å²) in [6.07, 6.45) is 4.93. The van der Waals surface area contributed by atoms with E-state index in [4.69, 9.17) is 5.73 Å². The zero-order valence-electron chi connectivity index (χ0n) is 13.2. The summed E-state index contributed by atoms with van der Waals surface area (Å²) in [5.74, 6) is 0.520. The van der Waals surface area contributed by atoms with E-state index in [0.717, 1.165) is 23.7 Å². The summed E-state index contributed by atoms with van der Waals surface area (Å²) in [5.41, 5.74) is 6.95. The molecule has 1 aromatic heterocycles. The van der Waals surface area contributed by atoms with E-state index in [1.54, 1.807) is 11.3 Å². The van der Waals surface area contributed by atoms with Gasteiger partial charge in [-0.3, -0.25) is 0 Å². The Kier molecular flexibility index (Phi) is 6.99. The third kappa shape index (κ3) is 6.37. The number of nitrogens with two attached hydrogens (primary N) is 1. The zero-order valence-corrected chi connectivity index (χ0v) is 14.0. The topological polar surface area (TPSA) is 63.3 Å². The molecule has 0 aliphatic carbocycles. The third-order valence-corrected chi connectivity index (χ3v) is 4.26. The van der Waals surface area contributed by atoms with Crippen LogP contribution in [0.5, 0.6) is 0 Å². The average molecular weight is 296 g/mol. The van der Waals surface area contributed by atoms with Crippen LogP contribution in [0.15, 0.2) is 10.4 Å². The Balaban J connectivity index is 2.33. The summed E-state index contributed by atoms with van der Waals surface area (Å²) < 4.78 is 0. The van der Waals surface area contributed by atoms with Crippen LogP contribution in [0, 0.1) is 0 Å². The zero-order chi connectivity index (χ0) is 15.0. The molecule has 0 aliphatic heterocycles. The molecule has 0 bridgehead atoms. The maximum atomic E-state index is 5.84. The summed E-state index contributed by atoms with van der Waals surface area (Å²) in [4.78, 5) is 8.94. The van der Waals surface area contributed by atoms with E-state index in [-0.39, 0.29) is 5.41 Å². The molecule has 0 amide bonds. The van der Waals surface area contributed by atoms with Crippen LogP contribution in [0.25, 0.3) is 0 Å². The summed E-state index contributed by atoms with van der Waals surface area (Å²) in [5, 5.41) is 6.37. The highest BCUT2D eigenvalue weighted by Gasteiger charge is 2.17. The van der Waals surface area contributed by atoms with E-state index in [9.17, 15) is 0 Å². The molecule has 4 nitrogen and oxygen atoms in total. The molecule has 1 rings (SSSR count). The molecular formula is C15H28N4S. The number of rotatable bonds is 7. The first-order chi connectivity index (χ1) is 9.43. The number of thiazole rings is 1. The summed E-state index contributed by atoms with van der Waals surface area (Å²) in [7, 11) is 0. The summed E-state index contributed by atoms with van der Waals surface area (Å²) in [6.45, 7) is 10.2. The van der Waals surface area contributed by atoms with Crippen molar-refractivity contribution < 1.29 is 0 Å². The number of unbranched alkanes of at least 4 members (excludes halogenated alkanes) is 3. The molecule has 0 aliphatic rings. The second kappa shape index (κ2) is 8.25. The number of aromatic nitrogens is 1. The van der Waals surface area contributed by atoms with Crippen molar-refractivity contribution in [3.05, 3.63) is 16.1 Å². The first-order valence-electron chi connectivity index (χ1n) is 7.42. The van der Waals surface area contributed by atoms with Gasteiger partial charge in [-0.1, -0.05) is 47.0 Å². The Morgan fingerprint density at radius 3 is 2.70 bits per heavy atom. The molecule has 0 atom stereocenters. The highest BCUT2D eigenvalue weighted by Crippen LogP contribution is 2.25. The number of guanidine groups is 1. The quantitative estimate of drug-likeness (QED) is 0.460. The molecule has 1 heterocycles. The van der Waals surface area contributed by atoms with Crippen LogP contribution < -0.4 is 11.1 Å². The van der Waals surface area contributed by atoms with Gasteiger partial charge in [0.05, 0.1) is 17.2 Å². The Bertz CT molecular complexity index is 418. The fourth-order valence-corrected chi connectivity index (χ4v) is 2.61. The van der Waals surface area contributed by atoms with Gasteiger partial charge in [0, 0.05) is 17.3 Å². The first-order valence-corrected chi connectivity index (χ1v) is 8.30. The molecule has 0 saturated carbocycles. The molecular weight excluding hydrogens is 268 g/mol. The maximum absolute atomic E-state index is 5.84. The Morgan fingerprint density at radius 2 is 2.10 bits per heavy atom. The smallest absolute Gasteiger partial charge is 0.188 e. The van der Waals surface area contributed by atoms with Gasteiger partial charge < -0.3 is 11.1 Å². The molecule has 0 spiro atoms. The lowest BCUT2D eigenvalue weighted by atomic mass is 9.98. The maximum Gasteiger partial charge on any atom is 0.188 e. The lowest BCUT2D eigenvalue weighted by Gasteiger charge is -2.13. The molecule has 0 unspecified atom stereocenters. The number of aliphatic imine (C=N–C) groups is 1. The van der Waals surface area contributed by atoms with Crippen molar-refractivity contribution in [1.29, 1.82) is 0 Å². The summed E-state index contributed by atoms with van der Waals surface area (Å²) >= 11 is 1.69. The van der Waals surface area contributed by atoms with Crippen LogP contribution in [0.3, 0.4) is 0 Å². The van der Waals surface area contributed by atoms with Gasteiger partial charge >= 0.3 is 0 Å². The molecule has 114 valence electrons. The minimum absolute atomic E-state index is 0.107. The van der Waals surface area contributed by atoms with Gasteiger partial charge in [0.2, 0.25) is 0 Å². The second-order valence-corrected chi connectivity index (χ2v) is 6.94. The lowest BCUT2D eigenvalue weighted by Crippen LogP contribution is -2.32. The van der Waals surface area contributed by atoms with Crippen molar-refractivity contribution in [2.24, 2.45) is 10.7 Å². The van der Waals surface area contributed by atoms with Crippen molar-refractivity contribution in [2.45, 2.75) is 65.3 Å². The number of nitrogens with one attached hydrogen (secondary N) is 1. The lowest BCUT2D eigenvalue weighted by molar-refractivity contribution is 0.583. The van der Waals surface area contributed by atoms with E-state index in [0.29, 0.717) is 12.5 Å². The van der Waals surface area contributed by atoms with Crippen molar-refractivity contribution in [3.63, 3.8) is 0 Å². The van der Waals surface area contributed by atoms with Gasteiger partial charge in [0.15, 0.2) is 5.96 Å². The average Bonchev–Trinajstić information content (AvgIpc) is 2.85. The number of hydrogen-bond acceptors (Lipinski definition) is 3. The van der Waals surface area contributed by atoms with Crippen molar-refractivity contribution in [2.75, 3.05) is 6.54 Å². The molecule has 0 fully saturated rings. The fourth-order valence-electron chi connectivity index (χ4n) is 1.71. The molecule has 1 aromatic rings. The predicted molar refractivity (Wildman–Crippen MR) is 88.3 cm³/mol. The first kappa shape index (κ1) is 17.0. The van der Waals surface area contributed by atoms with E-state index >= 15 is 0 Å². The third-order valence-electron chi connectivity index (χ3n) is 2.94. The second-order valence-electron chi connectivity index (χ2n) is 6.08. The van der Waals surface area contributed by atoms with Gasteiger partial charge in [-0.25, -0.2) is 9.98 Å². The molecule has 0 radical (unpaired) electrons. The molecule has 5 heteroatoms. The van der Waals surface area contributed by atoms with Crippen LogP contribution in [0.2, 0.25) is 0 Å². The normalized spacial score (nSPS) is 12.7. The minimum Gasteiger partial charge on any atom is -0.370 e. The minimum atomic E-state index is 0.107. The van der Waals surface area contributed by atoms with E-state index < -0.39 is 0 Å². The highest BCUT2D eigenvalue weighted by atomic mass is 32.1. The largest absolute Gasteiger partial charge is 0.370 e. The van der Waals surface area contributed by atoms with Crippen LogP contribution in [-0.2, 0) is 12.0 Å². The molecule has 20 heavy (non-hydrogen) atoms. The van der Waals surface area contributed by atoms with Crippen molar-refractivity contribution in [1.82, 2.24) is 10.3 Å². The Hall–Kier alpha value is -1.10. The van der Waals surface area contributed by atoms with E-state index in [1.165, 1.54) is 19.3 Å². The van der Waals surface area contributed by atoms with Crippen molar-refractivity contribution in [3.8, 4) is 0 Å². The van der Waals surface area contributed by atoms with Gasteiger partial charge in [-0.2, -0.15) is 0 Å². The molecule has 0 saturated heterocycles. The highest BCUT2D eigenvalue weighted by molar-refractivity contribution is 7.09. The van der Waals surface area contributed by atoms with Gasteiger partial charge in [-0.15, -0.1) is 11.3 Å². The number of hydrogen-bond donors (Lipinski definition) is 2. The van der Waals surface area contributed by atoms with Gasteiger partial charge in [0.25, 0.3) is 0 Å². The SMILES string of the molecule is CCCCCCNC(N)=NCc1csc(C(C)(C)C)n1. The predicted octanol–water partition coefficient (Wildman–Crippen LogP) is 3.43. The molecule has 3 N–H and O–H groups in total. The monoisotopic (exact) mass is 296 g/mol. The van der Waals surface area contributed by atoms with E-state index in [1.807, 2.05) is 0 Å². The van der Waals surface area contributed by atoms with Crippen LogP contribution in [0.4, 0.5) is 0 Å². The molecule has 0 aromatic carbocycles. The standard InChI is InChI=1S/C15H28N4S/c1-5-6-7-8-9-17-14(16)18-10-12-11-20-13(19-12)15(2,3)4/h11H,5-10H2,1-4H3,(H3,16,17,18). The van der Waals surface area contributed by atoms with Crippen molar-refractivity contribution >= 4 is 17.3 Å². The van der Waals surface area contributed by atoms with Gasteiger partial charge in [0.1, 0.15) is 0 Å². The number of nitrogens with zero attached hydrogens (tertiary/aromatic N) is 2. The van der Waals surface area contributed by atoms with Crippen LogP contribution in [0.1, 0.15) is 64.1 Å². The van der Waals surface area contributed by atoms with Crippen LogP contribution >= 0.6 is 11.3 Å². The van der Waals surface area contributed by atoms with Gasteiger partial charge in [-0.05, 0) is 6.42 Å². The Labute approximate surface area is 126 Å². The van der Waals surface area contributed by atoms with E-state index in [2.05, 4.69) is 48.4 Å². The summed E-state index contributed by atoms with van der Waals surface area (Å²) in [6, 6.07) is 0. The Morgan fingerprint density at radius 1 is 1.35 bits per heavy atom.